The maximum absolute atomic E-state index is 11.6. The number of amides is 1. The number of hydrogen-bond acceptors (Lipinski definition) is 4. The monoisotopic (exact) mass is 290 g/mol. The number of pyridine rings is 1. The van der Waals surface area contributed by atoms with Crippen molar-refractivity contribution in [2.45, 2.75) is 25.4 Å². The molecule has 2 heterocycles. The van der Waals surface area contributed by atoms with Gasteiger partial charge in [-0.2, -0.15) is 0 Å². The zero-order valence-corrected chi connectivity index (χ0v) is 12.2. The predicted molar refractivity (Wildman–Crippen MR) is 80.7 cm³/mol. The molecule has 2 rings (SSSR count). The summed E-state index contributed by atoms with van der Waals surface area (Å²) in [6.45, 7) is 2.77. The van der Waals surface area contributed by atoms with Crippen LogP contribution in [0.15, 0.2) is 30.5 Å². The molecule has 1 N–H and O–H groups in total. The molecule has 1 fully saturated rings. The molecule has 0 saturated carbocycles. The van der Waals surface area contributed by atoms with Crippen molar-refractivity contribution in [2.24, 2.45) is 0 Å². The molecule has 0 aromatic carbocycles. The molecular formula is C16H22N2O3. The van der Waals surface area contributed by atoms with E-state index in [-0.39, 0.29) is 12.0 Å². The summed E-state index contributed by atoms with van der Waals surface area (Å²) in [7, 11) is 0. The normalized spacial score (nSPS) is 18.2. The molecule has 0 aliphatic carbocycles. The third-order valence-electron chi connectivity index (χ3n) is 3.19. The molecule has 5 nitrogen and oxygen atoms in total. The first-order valence-corrected chi connectivity index (χ1v) is 7.41. The summed E-state index contributed by atoms with van der Waals surface area (Å²) in [6, 6.07) is 5.58. The van der Waals surface area contributed by atoms with Crippen LogP contribution in [0.25, 0.3) is 6.08 Å². The largest absolute Gasteiger partial charge is 0.379 e. The molecule has 1 aliphatic heterocycles. The van der Waals surface area contributed by atoms with E-state index in [0.29, 0.717) is 19.8 Å². The number of nitrogens with zero attached hydrogens (tertiary/aromatic N) is 1. The Hall–Kier alpha value is -1.72. The van der Waals surface area contributed by atoms with E-state index in [1.165, 1.54) is 6.08 Å². The molecule has 114 valence electrons. The van der Waals surface area contributed by atoms with Gasteiger partial charge in [-0.15, -0.1) is 0 Å². The van der Waals surface area contributed by atoms with Crippen LogP contribution in [0.3, 0.4) is 0 Å². The Kier molecular flexibility index (Phi) is 6.91. The van der Waals surface area contributed by atoms with Crippen LogP contribution in [0.4, 0.5) is 0 Å². The Morgan fingerprint density at radius 1 is 1.52 bits per heavy atom. The predicted octanol–water partition coefficient (Wildman–Crippen LogP) is 1.80. The number of aromatic nitrogens is 1. The Balaban J connectivity index is 1.50. The van der Waals surface area contributed by atoms with Crippen molar-refractivity contribution >= 4 is 12.0 Å². The van der Waals surface area contributed by atoms with Gasteiger partial charge < -0.3 is 14.8 Å². The minimum atomic E-state index is -0.111. The van der Waals surface area contributed by atoms with E-state index < -0.39 is 0 Å². The summed E-state index contributed by atoms with van der Waals surface area (Å²) in [4.78, 5) is 15.7. The number of nitrogens with one attached hydrogen (secondary N) is 1. The third-order valence-corrected chi connectivity index (χ3v) is 3.19. The first kappa shape index (κ1) is 15.7. The van der Waals surface area contributed by atoms with Gasteiger partial charge >= 0.3 is 0 Å². The summed E-state index contributed by atoms with van der Waals surface area (Å²) in [5.74, 6) is -0.111. The Morgan fingerprint density at radius 2 is 2.48 bits per heavy atom. The van der Waals surface area contributed by atoms with Gasteiger partial charge in [0.25, 0.3) is 0 Å². The second kappa shape index (κ2) is 9.26. The van der Waals surface area contributed by atoms with Crippen LogP contribution in [0.5, 0.6) is 0 Å². The van der Waals surface area contributed by atoms with Gasteiger partial charge in [-0.3, -0.25) is 9.78 Å². The van der Waals surface area contributed by atoms with Crippen molar-refractivity contribution in [1.82, 2.24) is 10.3 Å². The van der Waals surface area contributed by atoms with Crippen molar-refractivity contribution in [3.8, 4) is 0 Å². The fraction of sp³-hybridized carbons (Fsp3) is 0.500. The average Bonchev–Trinajstić information content (AvgIpc) is 3.03. The zero-order valence-electron chi connectivity index (χ0n) is 12.2. The van der Waals surface area contributed by atoms with Gasteiger partial charge in [-0.05, 0) is 37.5 Å². The molecule has 1 aromatic heterocycles. The average molecular weight is 290 g/mol. The van der Waals surface area contributed by atoms with Crippen LogP contribution in [0.1, 0.15) is 25.0 Å². The molecule has 1 unspecified atom stereocenters. The minimum Gasteiger partial charge on any atom is -0.379 e. The van der Waals surface area contributed by atoms with Crippen molar-refractivity contribution < 1.29 is 14.3 Å². The summed E-state index contributed by atoms with van der Waals surface area (Å²) >= 11 is 0. The van der Waals surface area contributed by atoms with E-state index in [0.717, 1.165) is 31.6 Å². The Bertz CT molecular complexity index is 442. The molecule has 1 aromatic rings. The van der Waals surface area contributed by atoms with Gasteiger partial charge in [0.05, 0.1) is 18.4 Å². The van der Waals surface area contributed by atoms with E-state index >= 15 is 0 Å². The summed E-state index contributed by atoms with van der Waals surface area (Å²) in [5.41, 5.74) is 0.771. The van der Waals surface area contributed by atoms with E-state index in [1.54, 1.807) is 12.3 Å². The molecule has 1 atom stereocenters. The first-order valence-electron chi connectivity index (χ1n) is 7.41. The fourth-order valence-corrected chi connectivity index (χ4v) is 2.07. The van der Waals surface area contributed by atoms with Gasteiger partial charge in [0.2, 0.25) is 5.91 Å². The maximum atomic E-state index is 11.6. The molecule has 21 heavy (non-hydrogen) atoms. The van der Waals surface area contributed by atoms with Gasteiger partial charge in [0, 0.05) is 32.0 Å². The van der Waals surface area contributed by atoms with E-state index in [1.807, 2.05) is 18.2 Å². The Labute approximate surface area is 125 Å². The lowest BCUT2D eigenvalue weighted by atomic mass is 10.2. The van der Waals surface area contributed by atoms with Crippen LogP contribution in [-0.4, -0.2) is 43.4 Å². The number of hydrogen-bond donors (Lipinski definition) is 1. The molecular weight excluding hydrogens is 268 g/mol. The van der Waals surface area contributed by atoms with Gasteiger partial charge in [-0.25, -0.2) is 0 Å². The highest BCUT2D eigenvalue weighted by molar-refractivity contribution is 5.91. The number of ether oxygens (including phenoxy) is 2. The Morgan fingerprint density at radius 3 is 3.24 bits per heavy atom. The van der Waals surface area contributed by atoms with Gasteiger partial charge in [0.1, 0.15) is 0 Å². The number of carbonyl (C=O) groups is 1. The lowest BCUT2D eigenvalue weighted by Gasteiger charge is -2.09. The van der Waals surface area contributed by atoms with Crippen molar-refractivity contribution in [3.05, 3.63) is 36.2 Å². The highest BCUT2D eigenvalue weighted by atomic mass is 16.5. The summed E-state index contributed by atoms with van der Waals surface area (Å²) in [5, 5.41) is 2.82. The molecule has 1 aliphatic rings. The lowest BCUT2D eigenvalue weighted by molar-refractivity contribution is -0.116. The standard InChI is InChI=1S/C16H22N2O3/c19-16(8-7-14-5-1-2-9-17-14)18-10-4-11-20-13-15-6-3-12-21-15/h1-2,5,7-9,15H,3-4,6,10-13H2,(H,18,19). The summed E-state index contributed by atoms with van der Waals surface area (Å²) < 4.78 is 11.0. The molecule has 0 radical (unpaired) electrons. The highest BCUT2D eigenvalue weighted by Gasteiger charge is 2.14. The maximum Gasteiger partial charge on any atom is 0.244 e. The van der Waals surface area contributed by atoms with Crippen molar-refractivity contribution in [2.75, 3.05) is 26.4 Å². The quantitative estimate of drug-likeness (QED) is 0.586. The first-order chi connectivity index (χ1) is 10.3. The highest BCUT2D eigenvalue weighted by Crippen LogP contribution is 2.11. The van der Waals surface area contributed by atoms with Crippen LogP contribution in [-0.2, 0) is 14.3 Å². The van der Waals surface area contributed by atoms with Crippen molar-refractivity contribution in [3.63, 3.8) is 0 Å². The van der Waals surface area contributed by atoms with E-state index in [2.05, 4.69) is 10.3 Å². The lowest BCUT2D eigenvalue weighted by Crippen LogP contribution is -2.23. The zero-order chi connectivity index (χ0) is 14.8. The number of rotatable bonds is 8. The van der Waals surface area contributed by atoms with E-state index in [4.69, 9.17) is 9.47 Å². The molecule has 1 amide bonds. The van der Waals surface area contributed by atoms with Gasteiger partial charge in [0.15, 0.2) is 0 Å². The van der Waals surface area contributed by atoms with Crippen molar-refractivity contribution in [1.29, 1.82) is 0 Å². The van der Waals surface area contributed by atoms with Gasteiger partial charge in [-0.1, -0.05) is 6.07 Å². The summed E-state index contributed by atoms with van der Waals surface area (Å²) in [6.07, 6.45) is 8.18. The fourth-order valence-electron chi connectivity index (χ4n) is 2.07. The SMILES string of the molecule is O=C(C=Cc1ccccn1)NCCCOCC1CCCO1. The smallest absolute Gasteiger partial charge is 0.244 e. The second-order valence-corrected chi connectivity index (χ2v) is 4.94. The molecule has 5 heteroatoms. The topological polar surface area (TPSA) is 60.5 Å². The van der Waals surface area contributed by atoms with Crippen LogP contribution in [0, 0.1) is 0 Å². The molecule has 1 saturated heterocycles. The minimum absolute atomic E-state index is 0.111. The molecule has 0 bridgehead atoms. The van der Waals surface area contributed by atoms with Crippen LogP contribution in [0.2, 0.25) is 0 Å². The van der Waals surface area contributed by atoms with Crippen LogP contribution < -0.4 is 5.32 Å². The number of carbonyl (C=O) groups excluding carboxylic acids is 1. The van der Waals surface area contributed by atoms with Crippen LogP contribution >= 0.6 is 0 Å². The van der Waals surface area contributed by atoms with E-state index in [9.17, 15) is 4.79 Å². The molecule has 0 spiro atoms. The third kappa shape index (κ3) is 6.51. The second-order valence-electron chi connectivity index (χ2n) is 4.94.